The normalized spacial score (nSPS) is 15.4. The number of urea groups is 1. The highest BCUT2D eigenvalue weighted by atomic mass is 35.5. The molecule has 0 unspecified atom stereocenters. The summed E-state index contributed by atoms with van der Waals surface area (Å²) in [6.45, 7) is 2.58. The zero-order valence-corrected chi connectivity index (χ0v) is 17.6. The first-order valence-electron chi connectivity index (χ1n) is 10.0. The van der Waals surface area contributed by atoms with E-state index in [0.717, 1.165) is 17.7 Å². The van der Waals surface area contributed by atoms with Crippen molar-refractivity contribution in [1.29, 1.82) is 0 Å². The van der Waals surface area contributed by atoms with Crippen LogP contribution in [-0.4, -0.2) is 50.9 Å². The van der Waals surface area contributed by atoms with Gasteiger partial charge in [-0.3, -0.25) is 0 Å². The monoisotopic (exact) mass is 436 g/mol. The van der Waals surface area contributed by atoms with E-state index in [1.165, 1.54) is 18.2 Å². The summed E-state index contributed by atoms with van der Waals surface area (Å²) in [5, 5.41) is 21.8. The minimum atomic E-state index is -0.701. The van der Waals surface area contributed by atoms with Gasteiger partial charge in [0.1, 0.15) is 11.6 Å². The maximum atomic E-state index is 13.4. The lowest BCUT2D eigenvalue weighted by atomic mass is 10.0. The molecule has 2 amide bonds. The van der Waals surface area contributed by atoms with Crippen LogP contribution in [0.1, 0.15) is 42.0 Å². The Hall–Kier alpha value is -2.29. The van der Waals surface area contributed by atoms with Gasteiger partial charge in [-0.1, -0.05) is 31.0 Å². The summed E-state index contributed by atoms with van der Waals surface area (Å²) < 4.78 is 13.4. The molecule has 0 spiro atoms. The van der Waals surface area contributed by atoms with E-state index in [2.05, 4.69) is 15.3 Å². The zero-order valence-electron chi connectivity index (χ0n) is 16.8. The van der Waals surface area contributed by atoms with Gasteiger partial charge in [0, 0.05) is 25.8 Å². The van der Waals surface area contributed by atoms with Crippen LogP contribution >= 0.6 is 11.6 Å². The predicted octanol–water partition coefficient (Wildman–Crippen LogP) is 2.63. The second kappa shape index (κ2) is 10.1. The molecule has 3 N–H and O–H groups in total. The van der Waals surface area contributed by atoms with Crippen LogP contribution in [-0.2, 0) is 19.4 Å². The van der Waals surface area contributed by atoms with Crippen molar-refractivity contribution < 1.29 is 19.4 Å². The van der Waals surface area contributed by atoms with E-state index in [4.69, 9.17) is 11.6 Å². The number of amides is 2. The quantitative estimate of drug-likeness (QED) is 0.619. The molecule has 0 radical (unpaired) electrons. The van der Waals surface area contributed by atoms with Gasteiger partial charge in [0.25, 0.3) is 0 Å². The van der Waals surface area contributed by atoms with Crippen LogP contribution in [0.15, 0.2) is 24.4 Å². The Kier molecular flexibility index (Phi) is 7.58. The number of carbonyl (C=O) groups excluding carboxylic acids is 1. The number of halogens is 2. The predicted molar refractivity (Wildman–Crippen MR) is 110 cm³/mol. The molecule has 162 valence electrons. The van der Waals surface area contributed by atoms with Crippen LogP contribution in [0.5, 0.6) is 0 Å². The van der Waals surface area contributed by atoms with Crippen LogP contribution < -0.4 is 5.32 Å². The summed E-state index contributed by atoms with van der Waals surface area (Å²) in [5.74, 6) is 0.211. The molecule has 2 atom stereocenters. The molecule has 2 heterocycles. The van der Waals surface area contributed by atoms with Gasteiger partial charge in [0.05, 0.1) is 29.9 Å². The van der Waals surface area contributed by atoms with Gasteiger partial charge in [-0.25, -0.2) is 19.2 Å². The van der Waals surface area contributed by atoms with Crippen molar-refractivity contribution in [2.24, 2.45) is 5.92 Å². The Balaban J connectivity index is 1.68. The highest BCUT2D eigenvalue weighted by Gasteiger charge is 2.25. The van der Waals surface area contributed by atoms with Crippen LogP contribution in [0.3, 0.4) is 0 Å². The number of rotatable bonds is 7. The molecule has 1 aliphatic heterocycles. The molecule has 0 saturated heterocycles. The average Bonchev–Trinajstić information content (AvgIpc) is 2.77. The van der Waals surface area contributed by atoms with E-state index in [-0.39, 0.29) is 30.2 Å². The third-order valence-electron chi connectivity index (χ3n) is 5.42. The van der Waals surface area contributed by atoms with Crippen LogP contribution in [0.25, 0.3) is 0 Å². The molecule has 0 saturated carbocycles. The van der Waals surface area contributed by atoms with Crippen molar-refractivity contribution in [3.8, 4) is 0 Å². The third kappa shape index (κ3) is 5.24. The van der Waals surface area contributed by atoms with Crippen molar-refractivity contribution in [2.45, 2.75) is 38.8 Å². The highest BCUT2D eigenvalue weighted by Crippen LogP contribution is 2.22. The third-order valence-corrected chi connectivity index (χ3v) is 5.71. The molecule has 30 heavy (non-hydrogen) atoms. The number of aliphatic hydroxyl groups is 2. The maximum Gasteiger partial charge on any atom is 0.318 e. The van der Waals surface area contributed by atoms with Gasteiger partial charge >= 0.3 is 6.03 Å². The summed E-state index contributed by atoms with van der Waals surface area (Å²) >= 11 is 5.82. The van der Waals surface area contributed by atoms with Crippen molar-refractivity contribution in [2.75, 3.05) is 19.8 Å². The number of hydrogen-bond acceptors (Lipinski definition) is 5. The highest BCUT2D eigenvalue weighted by molar-refractivity contribution is 6.30. The van der Waals surface area contributed by atoms with E-state index >= 15 is 0 Å². The smallest absolute Gasteiger partial charge is 0.318 e. The van der Waals surface area contributed by atoms with Crippen LogP contribution in [0.2, 0.25) is 5.02 Å². The molecule has 0 bridgehead atoms. The van der Waals surface area contributed by atoms with Gasteiger partial charge in [-0.2, -0.15) is 0 Å². The Morgan fingerprint density at radius 1 is 1.37 bits per heavy atom. The lowest BCUT2D eigenvalue weighted by Gasteiger charge is -2.30. The molecule has 1 aliphatic rings. The Morgan fingerprint density at radius 3 is 2.83 bits per heavy atom. The van der Waals surface area contributed by atoms with E-state index in [1.54, 1.807) is 11.1 Å². The summed E-state index contributed by atoms with van der Waals surface area (Å²) in [5.41, 5.74) is 2.32. The molecule has 1 aromatic heterocycles. The van der Waals surface area contributed by atoms with E-state index in [9.17, 15) is 19.4 Å². The minimum Gasteiger partial charge on any atom is -0.396 e. The van der Waals surface area contributed by atoms with Gasteiger partial charge in [0.15, 0.2) is 0 Å². The topological polar surface area (TPSA) is 98.6 Å². The van der Waals surface area contributed by atoms with Gasteiger partial charge < -0.3 is 20.4 Å². The second-order valence-electron chi connectivity index (χ2n) is 7.45. The number of nitrogens with one attached hydrogen (secondary N) is 1. The Bertz CT molecular complexity index is 895. The fraction of sp³-hybridized carbons (Fsp3) is 0.476. The number of fused-ring (bicyclic) bond motifs is 1. The largest absolute Gasteiger partial charge is 0.396 e. The fourth-order valence-electron chi connectivity index (χ4n) is 3.42. The fourth-order valence-corrected chi connectivity index (χ4v) is 3.61. The molecule has 2 aromatic rings. The van der Waals surface area contributed by atoms with E-state index < -0.39 is 11.9 Å². The number of aromatic nitrogens is 2. The van der Waals surface area contributed by atoms with Gasteiger partial charge in [-0.15, -0.1) is 0 Å². The molecular weight excluding hydrogens is 411 g/mol. The molecule has 1 aromatic carbocycles. The molecule has 3 rings (SSSR count). The molecule has 0 fully saturated rings. The van der Waals surface area contributed by atoms with Crippen molar-refractivity contribution >= 4 is 17.6 Å². The lowest BCUT2D eigenvalue weighted by molar-refractivity contribution is 0.176. The van der Waals surface area contributed by atoms with Crippen molar-refractivity contribution in [3.05, 3.63) is 57.9 Å². The molecule has 0 aliphatic carbocycles. The number of hydrogen-bond donors (Lipinski definition) is 3. The summed E-state index contributed by atoms with van der Waals surface area (Å²) in [4.78, 5) is 23.4. The van der Waals surface area contributed by atoms with E-state index in [1.807, 2.05) is 6.92 Å². The van der Waals surface area contributed by atoms with Crippen molar-refractivity contribution in [1.82, 2.24) is 20.2 Å². The first kappa shape index (κ1) is 22.4. The SMILES string of the molecule is CC[C@@H](CO)Cc1ncc2c(n1)CN(C(=O)N[C@H](CO)c1ccc(F)c(Cl)c1)CC2. The summed E-state index contributed by atoms with van der Waals surface area (Å²) in [7, 11) is 0. The van der Waals surface area contributed by atoms with Crippen LogP contribution in [0, 0.1) is 11.7 Å². The maximum absolute atomic E-state index is 13.4. The first-order valence-corrected chi connectivity index (χ1v) is 10.4. The first-order chi connectivity index (χ1) is 14.4. The lowest BCUT2D eigenvalue weighted by Crippen LogP contribution is -2.45. The Morgan fingerprint density at radius 2 is 2.17 bits per heavy atom. The Labute approximate surface area is 179 Å². The number of benzene rings is 1. The second-order valence-corrected chi connectivity index (χ2v) is 7.86. The number of carbonyl (C=O) groups is 1. The zero-order chi connectivity index (χ0) is 21.7. The van der Waals surface area contributed by atoms with Gasteiger partial charge in [0.2, 0.25) is 0 Å². The summed E-state index contributed by atoms with van der Waals surface area (Å²) in [6.07, 6.45) is 3.85. The van der Waals surface area contributed by atoms with Crippen molar-refractivity contribution in [3.63, 3.8) is 0 Å². The number of aliphatic hydroxyl groups excluding tert-OH is 2. The summed E-state index contributed by atoms with van der Waals surface area (Å²) in [6, 6.07) is 3.04. The minimum absolute atomic E-state index is 0.0652. The molecular formula is C21H26ClFN4O3. The number of nitrogens with zero attached hydrogens (tertiary/aromatic N) is 3. The standard InChI is InChI=1S/C21H26ClFN4O3/c1-2-13(11-28)7-20-24-9-15-5-6-27(10-18(15)25-20)21(30)26-19(12-29)14-3-4-17(23)16(22)8-14/h3-4,8-9,13,19,28-29H,2,5-7,10-12H2,1H3,(H,26,30)/t13-,19-/m1/s1. The van der Waals surface area contributed by atoms with E-state index in [0.29, 0.717) is 37.3 Å². The van der Waals surface area contributed by atoms with Crippen LogP contribution in [0.4, 0.5) is 9.18 Å². The molecule has 9 heteroatoms. The van der Waals surface area contributed by atoms with Gasteiger partial charge in [-0.05, 0) is 35.6 Å². The average molecular weight is 437 g/mol. The molecule has 7 nitrogen and oxygen atoms in total.